The molecule has 0 aliphatic carbocycles. The van der Waals surface area contributed by atoms with Crippen molar-refractivity contribution in [2.24, 2.45) is 0 Å². The molecule has 0 saturated carbocycles. The minimum atomic E-state index is -3.77. The van der Waals surface area contributed by atoms with Gasteiger partial charge in [-0.1, -0.05) is 6.07 Å². The lowest BCUT2D eigenvalue weighted by Crippen LogP contribution is -2.49. The Balaban J connectivity index is 1.67. The van der Waals surface area contributed by atoms with Crippen molar-refractivity contribution in [3.8, 4) is 0 Å². The average molecular weight is 396 g/mol. The van der Waals surface area contributed by atoms with E-state index in [0.717, 1.165) is 0 Å². The van der Waals surface area contributed by atoms with Gasteiger partial charge in [0.15, 0.2) is 0 Å². The number of nitrogens with one attached hydrogen (secondary N) is 1. The normalized spacial score (nSPS) is 21.9. The van der Waals surface area contributed by atoms with E-state index in [4.69, 9.17) is 9.47 Å². The van der Waals surface area contributed by atoms with E-state index in [-0.39, 0.29) is 28.5 Å². The first-order valence-electron chi connectivity index (χ1n) is 8.94. The van der Waals surface area contributed by atoms with Crippen LogP contribution in [0.5, 0.6) is 0 Å². The summed E-state index contributed by atoms with van der Waals surface area (Å²) in [6, 6.07) is 4.13. The molecule has 1 N–H and O–H groups in total. The number of piperidine rings is 1. The molecule has 1 unspecified atom stereocenters. The van der Waals surface area contributed by atoms with Gasteiger partial charge in [0.1, 0.15) is 6.04 Å². The van der Waals surface area contributed by atoms with Crippen molar-refractivity contribution in [2.75, 3.05) is 26.8 Å². The predicted molar refractivity (Wildman–Crippen MR) is 96.8 cm³/mol. The summed E-state index contributed by atoms with van der Waals surface area (Å²) in [5.74, 6) is -0.759. The fraction of sp³-hybridized carbons (Fsp3) is 0.556. The lowest BCUT2D eigenvalue weighted by Gasteiger charge is -2.34. The molecule has 1 aromatic carbocycles. The van der Waals surface area contributed by atoms with Crippen LogP contribution < -0.4 is 4.72 Å². The second-order valence-corrected chi connectivity index (χ2v) is 8.51. The van der Waals surface area contributed by atoms with Gasteiger partial charge in [0.25, 0.3) is 0 Å². The number of esters is 2. The van der Waals surface area contributed by atoms with Gasteiger partial charge >= 0.3 is 11.9 Å². The summed E-state index contributed by atoms with van der Waals surface area (Å²) >= 11 is 0. The molecule has 1 aromatic rings. The van der Waals surface area contributed by atoms with E-state index in [1.807, 2.05) is 0 Å². The van der Waals surface area contributed by atoms with E-state index in [1.54, 1.807) is 13.0 Å². The Morgan fingerprint density at radius 1 is 1.26 bits per heavy atom. The first-order chi connectivity index (χ1) is 12.8. The molecule has 8 nitrogen and oxygen atoms in total. The summed E-state index contributed by atoms with van der Waals surface area (Å²) < 4.78 is 38.1. The number of methoxy groups -OCH3 is 1. The lowest BCUT2D eigenvalue weighted by molar-refractivity contribution is -0.142. The summed E-state index contributed by atoms with van der Waals surface area (Å²) in [5, 5.41) is 0. The molecule has 0 amide bonds. The fourth-order valence-corrected chi connectivity index (χ4v) is 5.24. The largest absolute Gasteiger partial charge is 0.465 e. The van der Waals surface area contributed by atoms with Gasteiger partial charge in [-0.15, -0.1) is 0 Å². The zero-order chi connectivity index (χ0) is 19.6. The molecule has 3 rings (SSSR count). The van der Waals surface area contributed by atoms with Crippen LogP contribution in [-0.2, 0) is 24.3 Å². The third-order valence-electron chi connectivity index (χ3n) is 5.18. The Hall–Kier alpha value is -1.97. The van der Waals surface area contributed by atoms with Crippen molar-refractivity contribution >= 4 is 22.0 Å². The zero-order valence-electron chi connectivity index (χ0n) is 15.4. The molecule has 0 aromatic heterocycles. The maximum absolute atomic E-state index is 12.8. The van der Waals surface area contributed by atoms with Crippen LogP contribution in [0.4, 0.5) is 0 Å². The second kappa shape index (κ2) is 7.95. The molecule has 2 aliphatic rings. The first kappa shape index (κ1) is 19.8. The summed E-state index contributed by atoms with van der Waals surface area (Å²) in [6.07, 6.45) is 1.91. The van der Waals surface area contributed by atoms with Crippen molar-refractivity contribution < 1.29 is 27.5 Å². The maximum Gasteiger partial charge on any atom is 0.338 e. The number of cyclic esters (lactones) is 1. The van der Waals surface area contributed by atoms with E-state index >= 15 is 0 Å². The number of ether oxygens (including phenoxy) is 2. The maximum atomic E-state index is 12.8. The highest BCUT2D eigenvalue weighted by Gasteiger charge is 2.35. The Morgan fingerprint density at radius 3 is 2.56 bits per heavy atom. The minimum Gasteiger partial charge on any atom is -0.465 e. The number of nitrogens with zero attached hydrogens (tertiary/aromatic N) is 1. The Labute approximate surface area is 158 Å². The number of carbonyl (C=O) groups is 2. The van der Waals surface area contributed by atoms with Gasteiger partial charge in [-0.05, 0) is 37.5 Å². The van der Waals surface area contributed by atoms with Gasteiger partial charge in [0.2, 0.25) is 10.0 Å². The second-order valence-electron chi connectivity index (χ2n) is 6.82. The number of hydrogen-bond acceptors (Lipinski definition) is 7. The quantitative estimate of drug-likeness (QED) is 0.736. The van der Waals surface area contributed by atoms with E-state index in [9.17, 15) is 18.0 Å². The van der Waals surface area contributed by atoms with Crippen LogP contribution in [0.15, 0.2) is 23.1 Å². The van der Waals surface area contributed by atoms with Crippen molar-refractivity contribution in [1.82, 2.24) is 9.62 Å². The number of rotatable bonds is 5. The van der Waals surface area contributed by atoms with Crippen LogP contribution in [0.1, 0.15) is 35.2 Å². The van der Waals surface area contributed by atoms with E-state index in [0.29, 0.717) is 44.5 Å². The first-order valence-corrected chi connectivity index (χ1v) is 10.4. The van der Waals surface area contributed by atoms with E-state index in [2.05, 4.69) is 9.62 Å². The molecule has 2 saturated heterocycles. The Morgan fingerprint density at radius 2 is 1.96 bits per heavy atom. The smallest absolute Gasteiger partial charge is 0.338 e. The number of hydrogen-bond donors (Lipinski definition) is 1. The van der Waals surface area contributed by atoms with Gasteiger partial charge < -0.3 is 9.47 Å². The van der Waals surface area contributed by atoms with Crippen molar-refractivity contribution in [2.45, 2.75) is 43.2 Å². The summed E-state index contributed by atoms with van der Waals surface area (Å²) in [7, 11) is -2.51. The number of benzene rings is 1. The summed E-state index contributed by atoms with van der Waals surface area (Å²) in [5.41, 5.74) is 0.595. The van der Waals surface area contributed by atoms with Gasteiger partial charge in [-0.3, -0.25) is 9.69 Å². The highest BCUT2D eigenvalue weighted by molar-refractivity contribution is 7.89. The monoisotopic (exact) mass is 396 g/mol. The molecule has 27 heavy (non-hydrogen) atoms. The number of likely N-dealkylation sites (tertiary alicyclic amines) is 1. The molecule has 148 valence electrons. The van der Waals surface area contributed by atoms with E-state index < -0.39 is 16.0 Å². The van der Waals surface area contributed by atoms with E-state index in [1.165, 1.54) is 19.2 Å². The molecule has 0 spiro atoms. The minimum absolute atomic E-state index is 0.0761. The highest BCUT2D eigenvalue weighted by Crippen LogP contribution is 2.23. The van der Waals surface area contributed by atoms with Gasteiger partial charge in [0.05, 0.1) is 24.2 Å². The number of sulfonamides is 1. The average Bonchev–Trinajstić information content (AvgIpc) is 3.07. The van der Waals surface area contributed by atoms with Crippen molar-refractivity contribution in [3.05, 3.63) is 29.3 Å². The van der Waals surface area contributed by atoms with Gasteiger partial charge in [-0.25, -0.2) is 17.9 Å². The molecular formula is C18H24N2O6S. The summed E-state index contributed by atoms with van der Waals surface area (Å²) in [6.45, 7) is 3.31. The van der Waals surface area contributed by atoms with Crippen molar-refractivity contribution in [1.29, 1.82) is 0 Å². The highest BCUT2D eigenvalue weighted by atomic mass is 32.2. The van der Waals surface area contributed by atoms with Gasteiger partial charge in [-0.2, -0.15) is 0 Å². The third kappa shape index (κ3) is 4.15. The predicted octanol–water partition coefficient (Wildman–Crippen LogP) is 0.840. The molecule has 2 fully saturated rings. The SMILES string of the molecule is COC(=O)c1cccc(S(=O)(=O)NC2CCN(C3CCOC3=O)CC2)c1C. The topological polar surface area (TPSA) is 102 Å². The molecule has 2 heterocycles. The van der Waals surface area contributed by atoms with Crippen LogP contribution in [0.2, 0.25) is 0 Å². The molecule has 0 bridgehead atoms. The van der Waals surface area contributed by atoms with Crippen LogP contribution >= 0.6 is 0 Å². The fourth-order valence-electron chi connectivity index (χ4n) is 3.67. The Bertz CT molecular complexity index is 830. The lowest BCUT2D eigenvalue weighted by atomic mass is 10.0. The van der Waals surface area contributed by atoms with Crippen LogP contribution in [0, 0.1) is 6.92 Å². The summed E-state index contributed by atoms with van der Waals surface area (Å²) in [4.78, 5) is 25.7. The van der Waals surface area contributed by atoms with Gasteiger partial charge in [0, 0.05) is 25.6 Å². The van der Waals surface area contributed by atoms with Crippen molar-refractivity contribution in [3.63, 3.8) is 0 Å². The molecular weight excluding hydrogens is 372 g/mol. The molecule has 9 heteroatoms. The molecule has 2 aliphatic heterocycles. The Kier molecular flexibility index (Phi) is 5.83. The van der Waals surface area contributed by atoms with Crippen LogP contribution in [-0.4, -0.2) is 64.1 Å². The third-order valence-corrected chi connectivity index (χ3v) is 6.84. The van der Waals surface area contributed by atoms with Crippen LogP contribution in [0.3, 0.4) is 0 Å². The number of carbonyl (C=O) groups excluding carboxylic acids is 2. The molecule has 0 radical (unpaired) electrons. The molecule has 1 atom stereocenters. The van der Waals surface area contributed by atoms with Crippen LogP contribution in [0.25, 0.3) is 0 Å². The zero-order valence-corrected chi connectivity index (χ0v) is 16.3. The standard InChI is InChI=1S/C18H24N2O6S/c1-12-14(17(21)25-2)4-3-5-16(12)27(23,24)19-13-6-9-20(10-7-13)15-8-11-26-18(15)22/h3-5,13,15,19H,6-11H2,1-2H3.